The Hall–Kier alpha value is -0.810. The first-order valence-corrected chi connectivity index (χ1v) is 6.72. The molecule has 1 atom stereocenters. The second-order valence-electron chi connectivity index (χ2n) is 5.28. The Morgan fingerprint density at radius 2 is 1.71 bits per heavy atom. The number of nitrogens with one attached hydrogen (secondary N) is 1. The summed E-state index contributed by atoms with van der Waals surface area (Å²) >= 11 is 0. The van der Waals surface area contributed by atoms with Crippen molar-refractivity contribution in [2.24, 2.45) is 5.73 Å². The number of hydrogen-bond donors (Lipinski definition) is 2. The summed E-state index contributed by atoms with van der Waals surface area (Å²) in [5, 5.41) is 2.86. The minimum absolute atomic E-state index is 0. The molecule has 0 saturated heterocycles. The van der Waals surface area contributed by atoms with Gasteiger partial charge in [0.15, 0.2) is 0 Å². The first-order chi connectivity index (χ1) is 8.91. The summed E-state index contributed by atoms with van der Waals surface area (Å²) < 4.78 is 0. The fourth-order valence-corrected chi connectivity index (χ4v) is 1.68. The number of halogens is 2. The van der Waals surface area contributed by atoms with E-state index in [1.807, 2.05) is 18.2 Å². The third kappa shape index (κ3) is 7.67. The number of rotatable bonds is 6. The number of amides is 1. The minimum Gasteiger partial charge on any atom is -0.351 e. The molecule has 0 aromatic heterocycles. The number of carbonyl (C=O) groups excluding carboxylic acids is 1. The van der Waals surface area contributed by atoms with Gasteiger partial charge in [-0.2, -0.15) is 0 Å². The van der Waals surface area contributed by atoms with Crippen LogP contribution in [0.5, 0.6) is 0 Å². The average molecular weight is 336 g/mol. The van der Waals surface area contributed by atoms with Crippen molar-refractivity contribution in [1.29, 1.82) is 0 Å². The summed E-state index contributed by atoms with van der Waals surface area (Å²) in [4.78, 5) is 13.8. The molecule has 0 aliphatic carbocycles. The van der Waals surface area contributed by atoms with Crippen molar-refractivity contribution < 1.29 is 4.79 Å². The van der Waals surface area contributed by atoms with E-state index in [4.69, 9.17) is 5.73 Å². The van der Waals surface area contributed by atoms with Crippen molar-refractivity contribution in [2.75, 3.05) is 7.05 Å². The fourth-order valence-electron chi connectivity index (χ4n) is 1.68. The van der Waals surface area contributed by atoms with Gasteiger partial charge in [0.2, 0.25) is 5.91 Å². The van der Waals surface area contributed by atoms with Gasteiger partial charge < -0.3 is 11.1 Å². The van der Waals surface area contributed by atoms with Crippen LogP contribution in [0, 0.1) is 0 Å². The maximum Gasteiger partial charge on any atom is 0.236 e. The van der Waals surface area contributed by atoms with E-state index in [0.29, 0.717) is 12.6 Å². The SMILES string of the molecule is CC(C)N(C)Cc1ccccc1CNC(=O)[C@@H](C)N.Cl.Cl. The second-order valence-corrected chi connectivity index (χ2v) is 5.28. The molecular weight excluding hydrogens is 309 g/mol. The second kappa shape index (κ2) is 10.9. The van der Waals surface area contributed by atoms with Crippen LogP contribution < -0.4 is 11.1 Å². The summed E-state index contributed by atoms with van der Waals surface area (Å²) in [6.07, 6.45) is 0. The quantitative estimate of drug-likeness (QED) is 0.838. The molecule has 0 aliphatic rings. The van der Waals surface area contributed by atoms with Crippen LogP contribution in [-0.2, 0) is 17.9 Å². The van der Waals surface area contributed by atoms with Gasteiger partial charge in [-0.05, 0) is 38.9 Å². The highest BCUT2D eigenvalue weighted by Gasteiger charge is 2.10. The lowest BCUT2D eigenvalue weighted by molar-refractivity contribution is -0.122. The van der Waals surface area contributed by atoms with E-state index in [1.165, 1.54) is 5.56 Å². The summed E-state index contributed by atoms with van der Waals surface area (Å²) in [6.45, 7) is 7.43. The molecule has 0 unspecified atom stereocenters. The van der Waals surface area contributed by atoms with Gasteiger partial charge in [0, 0.05) is 19.1 Å². The normalized spacial score (nSPS) is 11.6. The van der Waals surface area contributed by atoms with Crippen molar-refractivity contribution in [1.82, 2.24) is 10.2 Å². The number of nitrogens with zero attached hydrogens (tertiary/aromatic N) is 1. The lowest BCUT2D eigenvalue weighted by atomic mass is 10.1. The fraction of sp³-hybridized carbons (Fsp3) is 0.533. The average Bonchev–Trinajstić information content (AvgIpc) is 2.36. The highest BCUT2D eigenvalue weighted by molar-refractivity contribution is 5.85. The molecule has 1 aromatic rings. The number of nitrogens with two attached hydrogens (primary N) is 1. The van der Waals surface area contributed by atoms with Crippen LogP contribution >= 0.6 is 24.8 Å². The van der Waals surface area contributed by atoms with Gasteiger partial charge in [-0.1, -0.05) is 24.3 Å². The van der Waals surface area contributed by atoms with Crippen molar-refractivity contribution >= 4 is 30.7 Å². The Bertz CT molecular complexity index is 425. The van der Waals surface area contributed by atoms with Gasteiger partial charge in [-0.3, -0.25) is 9.69 Å². The first kappa shape index (κ1) is 22.5. The Labute approximate surface area is 140 Å². The molecule has 0 aliphatic heterocycles. The van der Waals surface area contributed by atoms with E-state index in [-0.39, 0.29) is 30.7 Å². The van der Waals surface area contributed by atoms with E-state index < -0.39 is 6.04 Å². The molecule has 1 rings (SSSR count). The van der Waals surface area contributed by atoms with Crippen molar-refractivity contribution in [2.45, 2.75) is 45.9 Å². The van der Waals surface area contributed by atoms with Gasteiger partial charge in [0.25, 0.3) is 0 Å². The molecule has 4 nitrogen and oxygen atoms in total. The molecule has 1 aromatic carbocycles. The topological polar surface area (TPSA) is 58.4 Å². The van der Waals surface area contributed by atoms with Gasteiger partial charge in [0.1, 0.15) is 0 Å². The molecular formula is C15H27Cl2N3O. The van der Waals surface area contributed by atoms with E-state index >= 15 is 0 Å². The Kier molecular flexibility index (Phi) is 11.6. The number of carbonyl (C=O) groups is 1. The zero-order valence-electron chi connectivity index (χ0n) is 13.1. The van der Waals surface area contributed by atoms with Gasteiger partial charge >= 0.3 is 0 Å². The van der Waals surface area contributed by atoms with Crippen LogP contribution in [0.4, 0.5) is 0 Å². The minimum atomic E-state index is -0.467. The molecule has 0 spiro atoms. The number of hydrogen-bond acceptors (Lipinski definition) is 3. The lowest BCUT2D eigenvalue weighted by Gasteiger charge is -2.22. The predicted molar refractivity (Wildman–Crippen MR) is 93.0 cm³/mol. The monoisotopic (exact) mass is 335 g/mol. The Morgan fingerprint density at radius 3 is 2.19 bits per heavy atom. The zero-order valence-corrected chi connectivity index (χ0v) is 14.8. The van der Waals surface area contributed by atoms with E-state index in [9.17, 15) is 4.79 Å². The molecule has 0 bridgehead atoms. The maximum atomic E-state index is 11.5. The highest BCUT2D eigenvalue weighted by Crippen LogP contribution is 2.12. The first-order valence-electron chi connectivity index (χ1n) is 6.72. The summed E-state index contributed by atoms with van der Waals surface area (Å²) in [5.41, 5.74) is 7.92. The standard InChI is InChI=1S/C15H25N3O.2ClH/c1-11(2)18(4)10-14-8-6-5-7-13(14)9-17-15(19)12(3)16;;/h5-8,11-12H,9-10,16H2,1-4H3,(H,17,19);2*1H/t12-;;/m1../s1. The molecule has 0 saturated carbocycles. The van der Waals surface area contributed by atoms with Crippen molar-refractivity contribution in [3.8, 4) is 0 Å². The van der Waals surface area contributed by atoms with Crippen molar-refractivity contribution in [3.05, 3.63) is 35.4 Å². The lowest BCUT2D eigenvalue weighted by Crippen LogP contribution is -2.38. The smallest absolute Gasteiger partial charge is 0.236 e. The van der Waals surface area contributed by atoms with Crippen LogP contribution in [0.15, 0.2) is 24.3 Å². The molecule has 3 N–H and O–H groups in total. The summed E-state index contributed by atoms with van der Waals surface area (Å²) in [6, 6.07) is 8.20. The van der Waals surface area contributed by atoms with Crippen LogP contribution in [0.25, 0.3) is 0 Å². The summed E-state index contributed by atoms with van der Waals surface area (Å²) in [7, 11) is 2.10. The van der Waals surface area contributed by atoms with E-state index in [0.717, 1.165) is 12.1 Å². The molecule has 21 heavy (non-hydrogen) atoms. The van der Waals surface area contributed by atoms with Crippen molar-refractivity contribution in [3.63, 3.8) is 0 Å². The molecule has 0 radical (unpaired) electrons. The van der Waals surface area contributed by atoms with Crippen LogP contribution in [0.3, 0.4) is 0 Å². The Morgan fingerprint density at radius 1 is 1.19 bits per heavy atom. The van der Waals surface area contributed by atoms with Gasteiger partial charge in [-0.15, -0.1) is 24.8 Å². The van der Waals surface area contributed by atoms with Gasteiger partial charge in [0.05, 0.1) is 6.04 Å². The molecule has 6 heteroatoms. The maximum absolute atomic E-state index is 11.5. The third-order valence-electron chi connectivity index (χ3n) is 3.29. The van der Waals surface area contributed by atoms with E-state index in [2.05, 4.69) is 37.2 Å². The van der Waals surface area contributed by atoms with Gasteiger partial charge in [-0.25, -0.2) is 0 Å². The molecule has 122 valence electrons. The summed E-state index contributed by atoms with van der Waals surface area (Å²) in [5.74, 6) is -0.119. The molecule has 0 heterocycles. The predicted octanol–water partition coefficient (Wildman–Crippen LogP) is 2.33. The Balaban J connectivity index is 0. The molecule has 1 amide bonds. The van der Waals surface area contributed by atoms with E-state index in [1.54, 1.807) is 6.92 Å². The largest absolute Gasteiger partial charge is 0.351 e. The highest BCUT2D eigenvalue weighted by atomic mass is 35.5. The molecule has 0 fully saturated rings. The number of benzene rings is 1. The third-order valence-corrected chi connectivity index (χ3v) is 3.29. The van der Waals surface area contributed by atoms with Crippen LogP contribution in [0.2, 0.25) is 0 Å². The van der Waals surface area contributed by atoms with Crippen LogP contribution in [0.1, 0.15) is 31.9 Å². The zero-order chi connectivity index (χ0) is 14.4. The van der Waals surface area contributed by atoms with Crippen LogP contribution in [-0.4, -0.2) is 29.9 Å².